The molecule has 0 amide bonds. The van der Waals surface area contributed by atoms with Crippen molar-refractivity contribution in [3.63, 3.8) is 0 Å². The predicted molar refractivity (Wildman–Crippen MR) is 107 cm³/mol. The van der Waals surface area contributed by atoms with E-state index in [1.165, 1.54) is 4.90 Å². The molecule has 1 unspecified atom stereocenters. The van der Waals surface area contributed by atoms with Gasteiger partial charge in [-0.3, -0.25) is 0 Å². The van der Waals surface area contributed by atoms with Crippen LogP contribution in [-0.4, -0.2) is 44.8 Å². The Balaban J connectivity index is 1.14. The molecular formula is C21H25NO4S. The number of para-hydroxylation sites is 2. The van der Waals surface area contributed by atoms with Crippen LogP contribution in [-0.2, 0) is 0 Å². The van der Waals surface area contributed by atoms with Crippen molar-refractivity contribution in [2.24, 2.45) is 0 Å². The number of rotatable bonds is 7. The summed E-state index contributed by atoms with van der Waals surface area (Å²) in [6, 6.07) is 14.0. The second-order valence-electron chi connectivity index (χ2n) is 6.56. The quantitative estimate of drug-likeness (QED) is 0.577. The van der Waals surface area contributed by atoms with Gasteiger partial charge in [0.15, 0.2) is 23.0 Å². The summed E-state index contributed by atoms with van der Waals surface area (Å²) in [4.78, 5) is 1.22. The van der Waals surface area contributed by atoms with Crippen molar-refractivity contribution < 1.29 is 18.9 Å². The molecule has 2 heterocycles. The van der Waals surface area contributed by atoms with Crippen LogP contribution in [0.5, 0.6) is 23.0 Å². The largest absolute Gasteiger partial charge is 0.490 e. The van der Waals surface area contributed by atoms with Crippen LogP contribution in [0.25, 0.3) is 0 Å². The van der Waals surface area contributed by atoms with Crippen LogP contribution in [0.3, 0.4) is 0 Å². The lowest BCUT2D eigenvalue weighted by Gasteiger charge is -2.26. The Morgan fingerprint density at radius 3 is 2.67 bits per heavy atom. The fraction of sp³-hybridized carbons (Fsp3) is 0.429. The predicted octanol–water partition coefficient (Wildman–Crippen LogP) is 3.76. The smallest absolute Gasteiger partial charge is 0.162 e. The lowest BCUT2D eigenvalue weighted by atomic mass is 10.2. The maximum atomic E-state index is 5.95. The molecule has 0 radical (unpaired) electrons. The topological polar surface area (TPSA) is 49.0 Å². The van der Waals surface area contributed by atoms with Crippen LogP contribution < -0.4 is 24.3 Å². The van der Waals surface area contributed by atoms with Gasteiger partial charge in [0.2, 0.25) is 0 Å². The molecule has 2 aromatic rings. The fourth-order valence-electron chi connectivity index (χ4n) is 3.05. The molecule has 0 aromatic heterocycles. The summed E-state index contributed by atoms with van der Waals surface area (Å²) in [7, 11) is 0. The van der Waals surface area contributed by atoms with Gasteiger partial charge in [-0.15, -0.1) is 11.8 Å². The normalized spacial score (nSPS) is 18.0. The number of nitrogens with one attached hydrogen (secondary N) is 1. The van der Waals surface area contributed by atoms with Crippen LogP contribution in [0.1, 0.15) is 12.8 Å². The molecule has 5 nitrogen and oxygen atoms in total. The minimum absolute atomic E-state index is 0.0642. The summed E-state index contributed by atoms with van der Waals surface area (Å²) in [5.41, 5.74) is 0. The van der Waals surface area contributed by atoms with E-state index in [9.17, 15) is 0 Å². The molecule has 0 saturated carbocycles. The maximum Gasteiger partial charge on any atom is 0.162 e. The van der Waals surface area contributed by atoms with Crippen molar-refractivity contribution >= 4 is 11.8 Å². The molecule has 4 rings (SSSR count). The summed E-state index contributed by atoms with van der Waals surface area (Å²) >= 11 is 1.85. The van der Waals surface area contributed by atoms with Gasteiger partial charge in [-0.1, -0.05) is 12.1 Å². The summed E-state index contributed by atoms with van der Waals surface area (Å²) < 4.78 is 23.1. The Morgan fingerprint density at radius 1 is 0.926 bits per heavy atom. The number of thioether (sulfide) groups is 1. The van der Waals surface area contributed by atoms with Crippen molar-refractivity contribution in [2.45, 2.75) is 23.8 Å². The standard InChI is InChI=1S/C21H25NO4S/c1-2-6-20-18(5-1)25-15-16(26-20)14-22-9-3-12-27-17-7-8-19-21(13-17)24-11-4-10-23-19/h1-2,5-8,13,16,22H,3-4,9-12,14-15H2. The molecule has 0 saturated heterocycles. The van der Waals surface area contributed by atoms with Crippen LogP contribution in [0.15, 0.2) is 47.4 Å². The van der Waals surface area contributed by atoms with Crippen molar-refractivity contribution in [3.05, 3.63) is 42.5 Å². The fourth-order valence-corrected chi connectivity index (χ4v) is 3.93. The number of hydrogen-bond donors (Lipinski definition) is 1. The van der Waals surface area contributed by atoms with Crippen LogP contribution in [0.2, 0.25) is 0 Å². The maximum absolute atomic E-state index is 5.95. The first-order chi connectivity index (χ1) is 13.4. The van der Waals surface area contributed by atoms with E-state index in [2.05, 4.69) is 17.4 Å². The Morgan fingerprint density at radius 2 is 1.74 bits per heavy atom. The second-order valence-corrected chi connectivity index (χ2v) is 7.73. The van der Waals surface area contributed by atoms with E-state index < -0.39 is 0 Å². The zero-order valence-electron chi connectivity index (χ0n) is 15.3. The molecule has 2 aliphatic rings. The molecule has 1 atom stereocenters. The molecule has 144 valence electrons. The summed E-state index contributed by atoms with van der Waals surface area (Å²) in [5.74, 6) is 4.44. The highest BCUT2D eigenvalue weighted by Gasteiger charge is 2.19. The molecule has 0 aliphatic carbocycles. The Labute approximate surface area is 164 Å². The van der Waals surface area contributed by atoms with E-state index in [0.29, 0.717) is 6.61 Å². The minimum Gasteiger partial charge on any atom is -0.490 e. The molecule has 0 bridgehead atoms. The van der Waals surface area contributed by atoms with Crippen molar-refractivity contribution in [2.75, 3.05) is 38.7 Å². The number of hydrogen-bond acceptors (Lipinski definition) is 6. The van der Waals surface area contributed by atoms with Gasteiger partial charge in [-0.25, -0.2) is 0 Å². The van der Waals surface area contributed by atoms with Gasteiger partial charge < -0.3 is 24.3 Å². The highest BCUT2D eigenvalue weighted by Crippen LogP contribution is 2.34. The third-order valence-electron chi connectivity index (χ3n) is 4.43. The van der Waals surface area contributed by atoms with E-state index in [1.807, 2.05) is 42.1 Å². The first kappa shape index (κ1) is 18.3. The Bertz CT molecular complexity index is 755. The first-order valence-electron chi connectivity index (χ1n) is 9.50. The molecule has 1 N–H and O–H groups in total. The molecule has 0 fully saturated rings. The lowest BCUT2D eigenvalue weighted by molar-refractivity contribution is 0.0906. The zero-order valence-corrected chi connectivity index (χ0v) is 16.1. The molecule has 6 heteroatoms. The van der Waals surface area contributed by atoms with Gasteiger partial charge in [0, 0.05) is 17.9 Å². The lowest BCUT2D eigenvalue weighted by Crippen LogP contribution is -2.38. The van der Waals surface area contributed by atoms with Gasteiger partial charge in [-0.2, -0.15) is 0 Å². The summed E-state index contributed by atoms with van der Waals surface area (Å²) in [5, 5.41) is 3.47. The highest BCUT2D eigenvalue weighted by molar-refractivity contribution is 7.99. The van der Waals surface area contributed by atoms with Crippen molar-refractivity contribution in [1.29, 1.82) is 0 Å². The van der Waals surface area contributed by atoms with E-state index in [-0.39, 0.29) is 6.10 Å². The SMILES string of the molecule is c1ccc2c(c1)OCC(CNCCCSc1ccc3c(c1)OCCCO3)O2. The average molecular weight is 388 g/mol. The molecule has 2 aromatic carbocycles. The Kier molecular flexibility index (Phi) is 6.27. The number of benzene rings is 2. The van der Waals surface area contributed by atoms with Gasteiger partial charge in [0.25, 0.3) is 0 Å². The van der Waals surface area contributed by atoms with E-state index in [0.717, 1.165) is 67.9 Å². The van der Waals surface area contributed by atoms with Gasteiger partial charge in [-0.05, 0) is 49.1 Å². The number of ether oxygens (including phenoxy) is 4. The molecular weight excluding hydrogens is 362 g/mol. The summed E-state index contributed by atoms with van der Waals surface area (Å²) in [6.45, 7) is 3.80. The molecule has 0 spiro atoms. The van der Waals surface area contributed by atoms with Crippen LogP contribution >= 0.6 is 11.8 Å². The third kappa shape index (κ3) is 5.02. The first-order valence-corrected chi connectivity index (χ1v) is 10.5. The number of fused-ring (bicyclic) bond motifs is 2. The van der Waals surface area contributed by atoms with E-state index in [1.54, 1.807) is 0 Å². The molecule has 27 heavy (non-hydrogen) atoms. The third-order valence-corrected chi connectivity index (χ3v) is 5.51. The van der Waals surface area contributed by atoms with Crippen LogP contribution in [0, 0.1) is 0 Å². The second kappa shape index (κ2) is 9.24. The highest BCUT2D eigenvalue weighted by atomic mass is 32.2. The minimum atomic E-state index is 0.0642. The summed E-state index contributed by atoms with van der Waals surface area (Å²) in [6.07, 6.45) is 2.09. The Hall–Kier alpha value is -2.05. The van der Waals surface area contributed by atoms with Gasteiger partial charge in [0.1, 0.15) is 12.7 Å². The van der Waals surface area contributed by atoms with E-state index in [4.69, 9.17) is 18.9 Å². The average Bonchev–Trinajstić information content (AvgIpc) is 2.95. The van der Waals surface area contributed by atoms with Crippen molar-refractivity contribution in [3.8, 4) is 23.0 Å². The van der Waals surface area contributed by atoms with Crippen molar-refractivity contribution in [1.82, 2.24) is 5.32 Å². The van der Waals surface area contributed by atoms with Gasteiger partial charge in [0.05, 0.1) is 13.2 Å². The van der Waals surface area contributed by atoms with Gasteiger partial charge >= 0.3 is 0 Å². The zero-order chi connectivity index (χ0) is 18.3. The van der Waals surface area contributed by atoms with E-state index >= 15 is 0 Å². The molecule has 2 aliphatic heterocycles. The van der Waals surface area contributed by atoms with Crippen LogP contribution in [0.4, 0.5) is 0 Å². The monoisotopic (exact) mass is 387 g/mol.